The first-order valence-corrected chi connectivity index (χ1v) is 5.66. The fourth-order valence-electron chi connectivity index (χ4n) is 1.21. The van der Waals surface area contributed by atoms with Crippen molar-refractivity contribution >= 4 is 6.09 Å². The van der Waals surface area contributed by atoms with E-state index in [1.807, 2.05) is 20.8 Å². The lowest BCUT2D eigenvalue weighted by Crippen LogP contribution is -2.35. The van der Waals surface area contributed by atoms with Crippen LogP contribution in [0.1, 0.15) is 40.0 Å². The van der Waals surface area contributed by atoms with E-state index in [9.17, 15) is 4.79 Å². The summed E-state index contributed by atoms with van der Waals surface area (Å²) in [5.41, 5.74) is 0. The maximum atomic E-state index is 10.9. The number of nitrogens with zero attached hydrogens (tertiary/aromatic N) is 1. The van der Waals surface area contributed by atoms with Gasteiger partial charge in [-0.2, -0.15) is 0 Å². The molecule has 0 aliphatic carbocycles. The normalized spacial score (nSPS) is 13.7. The fraction of sp³-hybridized carbons (Fsp3) is 0.750. The number of ether oxygens (including phenoxy) is 1. The molecule has 0 aromatic rings. The Labute approximate surface area is 94.1 Å². The van der Waals surface area contributed by atoms with Crippen molar-refractivity contribution in [3.8, 4) is 0 Å². The van der Waals surface area contributed by atoms with Crippen molar-refractivity contribution in [1.82, 2.24) is 4.90 Å². The highest BCUT2D eigenvalue weighted by Crippen LogP contribution is 2.08. The first kappa shape index (κ1) is 16.4. The molecule has 90 valence electrons. The van der Waals surface area contributed by atoms with E-state index >= 15 is 0 Å². The summed E-state index contributed by atoms with van der Waals surface area (Å²) in [5.74, 6) is 0. The molecule has 0 unspecified atom stereocenters. The van der Waals surface area contributed by atoms with Crippen LogP contribution in [0.25, 0.3) is 0 Å². The third kappa shape index (κ3) is 9.32. The van der Waals surface area contributed by atoms with Gasteiger partial charge in [-0.1, -0.05) is 19.9 Å². The average molecular weight is 215 g/mol. The van der Waals surface area contributed by atoms with Gasteiger partial charge in [-0.15, -0.1) is 6.58 Å². The predicted molar refractivity (Wildman–Crippen MR) is 65.0 cm³/mol. The van der Waals surface area contributed by atoms with Gasteiger partial charge in [0.15, 0.2) is 0 Å². The zero-order valence-corrected chi connectivity index (χ0v) is 10.6. The zero-order valence-electron chi connectivity index (χ0n) is 10.6. The van der Waals surface area contributed by atoms with Crippen LogP contribution < -0.4 is 0 Å². The Bertz CT molecular complexity index is 152. The van der Waals surface area contributed by atoms with Gasteiger partial charge in [-0.25, -0.2) is 4.79 Å². The molecule has 0 spiro atoms. The second kappa shape index (κ2) is 13.0. The number of hydrogen-bond acceptors (Lipinski definition) is 2. The Kier molecular flexibility index (Phi) is 14.3. The summed E-state index contributed by atoms with van der Waals surface area (Å²) in [6.45, 7) is 11.0. The molecular weight excluding hydrogens is 190 g/mol. The van der Waals surface area contributed by atoms with Crippen LogP contribution in [0.15, 0.2) is 12.7 Å². The maximum Gasteiger partial charge on any atom is 0.409 e. The van der Waals surface area contributed by atoms with Crippen LogP contribution in [0.5, 0.6) is 0 Å². The molecule has 1 heterocycles. The van der Waals surface area contributed by atoms with Crippen LogP contribution in [0.2, 0.25) is 0 Å². The number of carbonyl (C=O) groups excluding carboxylic acids is 1. The van der Waals surface area contributed by atoms with Crippen LogP contribution in [-0.2, 0) is 4.74 Å². The summed E-state index contributed by atoms with van der Waals surface area (Å²) < 4.78 is 4.58. The Morgan fingerprint density at radius 1 is 1.27 bits per heavy atom. The van der Waals surface area contributed by atoms with Crippen molar-refractivity contribution < 1.29 is 9.53 Å². The molecule has 1 aliphatic rings. The Morgan fingerprint density at radius 3 is 2.00 bits per heavy atom. The molecule has 1 aliphatic heterocycles. The van der Waals surface area contributed by atoms with E-state index in [1.165, 1.54) is 13.5 Å². The van der Waals surface area contributed by atoms with Gasteiger partial charge in [0, 0.05) is 13.1 Å². The predicted octanol–water partition coefficient (Wildman–Crippen LogP) is 3.46. The number of allylic oxidation sites excluding steroid dienone is 1. The molecule has 0 saturated carbocycles. The lowest BCUT2D eigenvalue weighted by molar-refractivity contribution is 0.115. The minimum atomic E-state index is -0.181. The Balaban J connectivity index is 0. The zero-order chi connectivity index (χ0) is 12.1. The highest BCUT2D eigenvalue weighted by Gasteiger charge is 2.15. The average Bonchev–Trinajstić information content (AvgIpc) is 2.33. The largest absolute Gasteiger partial charge is 0.453 e. The summed E-state index contributed by atoms with van der Waals surface area (Å²) in [7, 11) is 1.43. The number of methoxy groups -OCH3 is 1. The van der Waals surface area contributed by atoms with Crippen molar-refractivity contribution in [2.75, 3.05) is 20.2 Å². The molecule has 3 heteroatoms. The van der Waals surface area contributed by atoms with E-state index in [0.717, 1.165) is 25.9 Å². The standard InChI is InChI=1S/C7H13NO2.C3H6.C2H6/c1-10-7(9)8-5-3-2-4-6-8;1-3-2;1-2/h2-6H2,1H3;3H,1H2,2H3;1-2H3. The molecule has 15 heavy (non-hydrogen) atoms. The van der Waals surface area contributed by atoms with Crippen LogP contribution >= 0.6 is 0 Å². The van der Waals surface area contributed by atoms with Gasteiger partial charge in [-0.3, -0.25) is 0 Å². The molecular formula is C12H25NO2. The third-order valence-electron chi connectivity index (χ3n) is 1.79. The van der Waals surface area contributed by atoms with Crippen molar-refractivity contribution in [3.05, 3.63) is 12.7 Å². The topological polar surface area (TPSA) is 29.5 Å². The lowest BCUT2D eigenvalue weighted by Gasteiger charge is -2.24. The van der Waals surface area contributed by atoms with Crippen molar-refractivity contribution in [2.45, 2.75) is 40.0 Å². The maximum absolute atomic E-state index is 10.9. The van der Waals surface area contributed by atoms with E-state index in [4.69, 9.17) is 0 Å². The highest BCUT2D eigenvalue weighted by atomic mass is 16.5. The molecule has 0 atom stereocenters. The quantitative estimate of drug-likeness (QED) is 0.579. The molecule has 0 aromatic heterocycles. The second-order valence-electron chi connectivity index (χ2n) is 2.93. The van der Waals surface area contributed by atoms with Gasteiger partial charge < -0.3 is 9.64 Å². The molecule has 0 N–H and O–H groups in total. The van der Waals surface area contributed by atoms with Crippen LogP contribution in [0.3, 0.4) is 0 Å². The molecule has 1 rings (SSSR count). The van der Waals surface area contributed by atoms with Crippen molar-refractivity contribution in [1.29, 1.82) is 0 Å². The smallest absolute Gasteiger partial charge is 0.409 e. The fourth-order valence-corrected chi connectivity index (χ4v) is 1.21. The SMILES string of the molecule is C=CC.CC.COC(=O)N1CCCCC1. The second-order valence-corrected chi connectivity index (χ2v) is 2.93. The number of rotatable bonds is 0. The number of hydrogen-bond donors (Lipinski definition) is 0. The third-order valence-corrected chi connectivity index (χ3v) is 1.79. The minimum absolute atomic E-state index is 0.181. The van der Waals surface area contributed by atoms with Crippen molar-refractivity contribution in [2.24, 2.45) is 0 Å². The number of piperidine rings is 1. The van der Waals surface area contributed by atoms with Gasteiger partial charge in [-0.05, 0) is 26.2 Å². The number of likely N-dealkylation sites (tertiary alicyclic amines) is 1. The van der Waals surface area contributed by atoms with Gasteiger partial charge in [0.05, 0.1) is 7.11 Å². The lowest BCUT2D eigenvalue weighted by atomic mass is 10.1. The molecule has 0 radical (unpaired) electrons. The van der Waals surface area contributed by atoms with E-state index in [1.54, 1.807) is 11.0 Å². The van der Waals surface area contributed by atoms with Crippen LogP contribution in [0.4, 0.5) is 4.79 Å². The van der Waals surface area contributed by atoms with Gasteiger partial charge in [0.2, 0.25) is 0 Å². The monoisotopic (exact) mass is 215 g/mol. The highest BCUT2D eigenvalue weighted by molar-refractivity contribution is 5.67. The molecule has 0 aromatic carbocycles. The number of amides is 1. The summed E-state index contributed by atoms with van der Waals surface area (Å²) in [5, 5.41) is 0. The molecule has 1 saturated heterocycles. The molecule has 1 fully saturated rings. The summed E-state index contributed by atoms with van der Waals surface area (Å²) in [4.78, 5) is 12.6. The van der Waals surface area contributed by atoms with Gasteiger partial charge >= 0.3 is 6.09 Å². The van der Waals surface area contributed by atoms with Crippen molar-refractivity contribution in [3.63, 3.8) is 0 Å². The van der Waals surface area contributed by atoms with Crippen LogP contribution in [0, 0.1) is 0 Å². The summed E-state index contributed by atoms with van der Waals surface area (Å²) in [6.07, 6.45) is 5.05. The van der Waals surface area contributed by atoms with Crippen LogP contribution in [-0.4, -0.2) is 31.2 Å². The summed E-state index contributed by atoms with van der Waals surface area (Å²) in [6, 6.07) is 0. The Morgan fingerprint density at radius 2 is 1.67 bits per heavy atom. The molecule has 0 bridgehead atoms. The number of carbonyl (C=O) groups is 1. The Hall–Kier alpha value is -0.990. The molecule has 1 amide bonds. The first-order chi connectivity index (χ1) is 7.26. The minimum Gasteiger partial charge on any atom is -0.453 e. The first-order valence-electron chi connectivity index (χ1n) is 5.66. The molecule has 3 nitrogen and oxygen atoms in total. The van der Waals surface area contributed by atoms with Gasteiger partial charge in [0.25, 0.3) is 0 Å². The van der Waals surface area contributed by atoms with E-state index < -0.39 is 0 Å². The van der Waals surface area contributed by atoms with E-state index in [0.29, 0.717) is 0 Å². The van der Waals surface area contributed by atoms with E-state index in [-0.39, 0.29) is 6.09 Å². The van der Waals surface area contributed by atoms with Gasteiger partial charge in [0.1, 0.15) is 0 Å². The summed E-state index contributed by atoms with van der Waals surface area (Å²) >= 11 is 0. The van der Waals surface area contributed by atoms with E-state index in [2.05, 4.69) is 11.3 Å².